The van der Waals surface area contributed by atoms with Gasteiger partial charge in [-0.3, -0.25) is 0 Å². The molecule has 2 N–H and O–H groups in total. The lowest BCUT2D eigenvalue weighted by Crippen LogP contribution is -2.20. The molecule has 0 aliphatic heterocycles. The van der Waals surface area contributed by atoms with Crippen LogP contribution >= 0.6 is 0 Å². The number of aromatic amines is 1. The van der Waals surface area contributed by atoms with E-state index < -0.39 is 24.2 Å². The summed E-state index contributed by atoms with van der Waals surface area (Å²) in [4.78, 5) is 13.1. The van der Waals surface area contributed by atoms with E-state index in [9.17, 15) is 13.6 Å². The summed E-state index contributed by atoms with van der Waals surface area (Å²) < 4.78 is 26.3. The van der Waals surface area contributed by atoms with E-state index >= 15 is 0 Å². The fourth-order valence-electron chi connectivity index (χ4n) is 1.78. The van der Waals surface area contributed by atoms with E-state index in [0.29, 0.717) is 11.3 Å². The van der Waals surface area contributed by atoms with Crippen LogP contribution in [0.1, 0.15) is 34.6 Å². The van der Waals surface area contributed by atoms with Gasteiger partial charge in [-0.25, -0.2) is 13.6 Å². The second kappa shape index (κ2) is 2.56. The Kier molecular flexibility index (Phi) is 1.68. The highest BCUT2D eigenvalue weighted by Crippen LogP contribution is 2.44. The predicted molar refractivity (Wildman–Crippen MR) is 44.8 cm³/mol. The molecular weight excluding hydrogens is 192 g/mol. The summed E-state index contributed by atoms with van der Waals surface area (Å²) in [6.07, 6.45) is -0.392. The number of alkyl halides is 2. The number of fused-ring (bicyclic) bond motifs is 1. The van der Waals surface area contributed by atoms with Gasteiger partial charge >= 0.3 is 5.97 Å². The molecule has 3 nitrogen and oxygen atoms in total. The van der Waals surface area contributed by atoms with Gasteiger partial charge in [0.1, 0.15) is 5.69 Å². The van der Waals surface area contributed by atoms with Crippen LogP contribution in [0.3, 0.4) is 0 Å². The first-order chi connectivity index (χ1) is 6.42. The second-order valence-electron chi connectivity index (χ2n) is 3.58. The molecule has 2 rings (SSSR count). The average molecular weight is 201 g/mol. The number of rotatable bonds is 1. The number of carboxylic acid groups (broad SMARTS) is 1. The van der Waals surface area contributed by atoms with Gasteiger partial charge in [0.15, 0.2) is 0 Å². The fraction of sp³-hybridized carbons (Fsp3) is 0.444. The minimum Gasteiger partial charge on any atom is -0.477 e. The Morgan fingerprint density at radius 1 is 1.71 bits per heavy atom. The first kappa shape index (κ1) is 9.18. The van der Waals surface area contributed by atoms with Crippen molar-refractivity contribution in [3.8, 4) is 0 Å². The van der Waals surface area contributed by atoms with E-state index in [4.69, 9.17) is 5.11 Å². The van der Waals surface area contributed by atoms with Crippen LogP contribution in [0.15, 0.2) is 6.07 Å². The maximum absolute atomic E-state index is 13.1. The summed E-state index contributed by atoms with van der Waals surface area (Å²) in [7, 11) is 0. The van der Waals surface area contributed by atoms with Crippen molar-refractivity contribution in [2.75, 3.05) is 0 Å². The molecule has 0 fully saturated rings. The van der Waals surface area contributed by atoms with E-state index in [2.05, 4.69) is 4.98 Å². The quantitative estimate of drug-likeness (QED) is 0.730. The van der Waals surface area contributed by atoms with E-state index in [1.165, 1.54) is 13.0 Å². The van der Waals surface area contributed by atoms with Crippen molar-refractivity contribution in [3.63, 3.8) is 0 Å². The van der Waals surface area contributed by atoms with Crippen molar-refractivity contribution in [1.82, 2.24) is 4.98 Å². The van der Waals surface area contributed by atoms with Crippen molar-refractivity contribution in [3.05, 3.63) is 23.0 Å². The summed E-state index contributed by atoms with van der Waals surface area (Å²) in [6, 6.07) is 1.29. The number of carboxylic acids is 1. The molecule has 1 aromatic heterocycles. The van der Waals surface area contributed by atoms with Crippen LogP contribution in [0.5, 0.6) is 0 Å². The molecule has 76 valence electrons. The highest BCUT2D eigenvalue weighted by molar-refractivity contribution is 5.86. The van der Waals surface area contributed by atoms with Gasteiger partial charge in [0.2, 0.25) is 0 Å². The van der Waals surface area contributed by atoms with Crippen LogP contribution in [0.25, 0.3) is 0 Å². The van der Waals surface area contributed by atoms with E-state index in [1.54, 1.807) is 0 Å². The summed E-state index contributed by atoms with van der Waals surface area (Å²) >= 11 is 0. The van der Waals surface area contributed by atoms with E-state index in [1.807, 2.05) is 0 Å². The van der Waals surface area contributed by atoms with Crippen LogP contribution in [0.2, 0.25) is 0 Å². The Labute approximate surface area is 78.7 Å². The zero-order valence-electron chi connectivity index (χ0n) is 7.47. The zero-order valence-corrected chi connectivity index (χ0v) is 7.47. The Morgan fingerprint density at radius 3 is 2.86 bits per heavy atom. The van der Waals surface area contributed by atoms with Crippen LogP contribution in [-0.2, 0) is 6.42 Å². The van der Waals surface area contributed by atoms with Gasteiger partial charge in [-0.05, 0) is 11.6 Å². The number of aromatic carboxylic acids is 1. The molecule has 0 bridgehead atoms. The third kappa shape index (κ3) is 1.12. The van der Waals surface area contributed by atoms with Gasteiger partial charge in [0, 0.05) is 11.6 Å². The number of halogens is 2. The number of nitrogens with one attached hydrogen (secondary N) is 1. The zero-order chi connectivity index (χ0) is 10.5. The molecule has 0 spiro atoms. The normalized spacial score (nSPS) is 23.5. The van der Waals surface area contributed by atoms with E-state index in [-0.39, 0.29) is 5.69 Å². The number of hydrogen-bond acceptors (Lipinski definition) is 1. The van der Waals surface area contributed by atoms with Gasteiger partial charge in [0.25, 0.3) is 5.92 Å². The maximum atomic E-state index is 13.1. The number of hydrogen-bond donors (Lipinski definition) is 2. The van der Waals surface area contributed by atoms with Crippen molar-refractivity contribution < 1.29 is 18.7 Å². The molecule has 0 amide bonds. The first-order valence-electron chi connectivity index (χ1n) is 4.24. The molecule has 0 saturated carbocycles. The molecule has 14 heavy (non-hydrogen) atoms. The van der Waals surface area contributed by atoms with Crippen LogP contribution < -0.4 is 0 Å². The molecule has 5 heteroatoms. The first-order valence-corrected chi connectivity index (χ1v) is 4.24. The standard InChI is InChI=1S/C9H9F2NO2/c1-4-5-2-6(8(13)14)12-7(5)3-9(4,10)11/h2,4,12H,3H2,1H3,(H,13,14)/t4-/m1/s1. The monoisotopic (exact) mass is 201 g/mol. The third-order valence-electron chi connectivity index (χ3n) is 2.68. The second-order valence-corrected chi connectivity index (χ2v) is 3.58. The largest absolute Gasteiger partial charge is 0.477 e. The molecule has 1 aliphatic carbocycles. The highest BCUT2D eigenvalue weighted by atomic mass is 19.3. The molecular formula is C9H9F2NO2. The molecule has 1 atom stereocenters. The topological polar surface area (TPSA) is 53.1 Å². The van der Waals surface area contributed by atoms with Gasteiger partial charge in [0.05, 0.1) is 6.42 Å². The maximum Gasteiger partial charge on any atom is 0.352 e. The van der Waals surface area contributed by atoms with Crippen LogP contribution in [0.4, 0.5) is 8.78 Å². The summed E-state index contributed by atoms with van der Waals surface area (Å²) in [6.45, 7) is 1.41. The lowest BCUT2D eigenvalue weighted by atomic mass is 10.0. The van der Waals surface area contributed by atoms with Crippen LogP contribution in [-0.4, -0.2) is 22.0 Å². The van der Waals surface area contributed by atoms with Crippen molar-refractivity contribution in [2.24, 2.45) is 0 Å². The van der Waals surface area contributed by atoms with Gasteiger partial charge in [-0.1, -0.05) is 6.92 Å². The Balaban J connectivity index is 2.42. The predicted octanol–water partition coefficient (Wildman–Crippen LogP) is 2.01. The van der Waals surface area contributed by atoms with Crippen molar-refractivity contribution in [1.29, 1.82) is 0 Å². The Bertz CT molecular complexity index is 398. The van der Waals surface area contributed by atoms with Crippen molar-refractivity contribution >= 4 is 5.97 Å². The Hall–Kier alpha value is -1.39. The van der Waals surface area contributed by atoms with Gasteiger partial charge < -0.3 is 10.1 Å². The lowest BCUT2D eigenvalue weighted by Gasteiger charge is -2.14. The fourth-order valence-corrected chi connectivity index (χ4v) is 1.78. The molecule has 0 aromatic carbocycles. The molecule has 1 heterocycles. The van der Waals surface area contributed by atoms with Gasteiger partial charge in [-0.2, -0.15) is 0 Å². The van der Waals surface area contributed by atoms with E-state index in [0.717, 1.165) is 0 Å². The third-order valence-corrected chi connectivity index (χ3v) is 2.68. The number of carbonyl (C=O) groups is 1. The minimum absolute atomic E-state index is 0.0163. The van der Waals surface area contributed by atoms with Crippen LogP contribution in [0, 0.1) is 0 Å². The molecule has 1 aliphatic rings. The Morgan fingerprint density at radius 2 is 2.36 bits per heavy atom. The molecule has 1 aromatic rings. The number of aromatic nitrogens is 1. The minimum atomic E-state index is -2.75. The molecule has 0 radical (unpaired) electrons. The van der Waals surface area contributed by atoms with Gasteiger partial charge in [-0.15, -0.1) is 0 Å². The highest BCUT2D eigenvalue weighted by Gasteiger charge is 2.46. The summed E-state index contributed by atoms with van der Waals surface area (Å²) in [5, 5.41) is 8.64. The lowest BCUT2D eigenvalue weighted by molar-refractivity contribution is -0.0105. The molecule has 0 saturated heterocycles. The SMILES string of the molecule is C[C@@H]1c2cc(C(=O)O)[nH]c2CC1(F)F. The number of H-pyrrole nitrogens is 1. The average Bonchev–Trinajstić information content (AvgIpc) is 2.53. The smallest absolute Gasteiger partial charge is 0.352 e. The summed E-state index contributed by atoms with van der Waals surface area (Å²) in [5.41, 5.74) is 0.754. The van der Waals surface area contributed by atoms with Crippen molar-refractivity contribution in [2.45, 2.75) is 25.2 Å². The summed E-state index contributed by atoms with van der Waals surface area (Å²) in [5.74, 6) is -4.77. The molecule has 0 unspecified atom stereocenters.